The molecule has 0 saturated carbocycles. The SMILES string of the molecule is O=C(O)CN(CC(F)(F)F)C(=O)c1cnc(Cl)cn1. The average Bonchev–Trinajstić information content (AvgIpc) is 2.25. The van der Waals surface area contributed by atoms with Crippen LogP contribution >= 0.6 is 11.6 Å². The number of carbonyl (C=O) groups is 2. The summed E-state index contributed by atoms with van der Waals surface area (Å²) < 4.78 is 36.8. The summed E-state index contributed by atoms with van der Waals surface area (Å²) in [5, 5.41) is 8.46. The Balaban J connectivity index is 2.93. The van der Waals surface area contributed by atoms with Crippen LogP contribution in [0.3, 0.4) is 0 Å². The second-order valence-electron chi connectivity index (χ2n) is 3.39. The van der Waals surface area contributed by atoms with Crippen molar-refractivity contribution in [3.05, 3.63) is 23.2 Å². The van der Waals surface area contributed by atoms with Crippen LogP contribution in [0.15, 0.2) is 12.4 Å². The van der Waals surface area contributed by atoms with Gasteiger partial charge in [0.25, 0.3) is 5.91 Å². The summed E-state index contributed by atoms with van der Waals surface area (Å²) >= 11 is 5.41. The van der Waals surface area contributed by atoms with Crippen molar-refractivity contribution >= 4 is 23.5 Å². The van der Waals surface area contributed by atoms with Crippen molar-refractivity contribution in [2.24, 2.45) is 0 Å². The Morgan fingerprint density at radius 1 is 1.32 bits per heavy atom. The Morgan fingerprint density at radius 3 is 2.37 bits per heavy atom. The summed E-state index contributed by atoms with van der Waals surface area (Å²) in [4.78, 5) is 29.2. The fourth-order valence-electron chi connectivity index (χ4n) is 1.16. The zero-order valence-corrected chi connectivity index (χ0v) is 9.94. The molecule has 0 saturated heterocycles. The molecule has 10 heteroatoms. The molecule has 1 amide bonds. The van der Waals surface area contributed by atoms with E-state index in [4.69, 9.17) is 16.7 Å². The molecule has 1 aromatic rings. The van der Waals surface area contributed by atoms with Crippen LogP contribution in [0.1, 0.15) is 10.5 Å². The quantitative estimate of drug-likeness (QED) is 0.903. The maximum Gasteiger partial charge on any atom is 0.406 e. The molecule has 0 spiro atoms. The van der Waals surface area contributed by atoms with Gasteiger partial charge in [0.2, 0.25) is 0 Å². The average molecular weight is 298 g/mol. The van der Waals surface area contributed by atoms with Gasteiger partial charge in [-0.25, -0.2) is 9.97 Å². The van der Waals surface area contributed by atoms with Gasteiger partial charge in [0.1, 0.15) is 23.9 Å². The Kier molecular flexibility index (Phi) is 4.65. The highest BCUT2D eigenvalue weighted by Gasteiger charge is 2.34. The predicted octanol–water partition coefficient (Wildman–Crippen LogP) is 1.22. The molecule has 1 rings (SSSR count). The molecule has 0 aromatic carbocycles. The van der Waals surface area contributed by atoms with Crippen LogP contribution in [0.5, 0.6) is 0 Å². The van der Waals surface area contributed by atoms with Gasteiger partial charge < -0.3 is 10.0 Å². The van der Waals surface area contributed by atoms with E-state index in [9.17, 15) is 22.8 Å². The minimum Gasteiger partial charge on any atom is -0.480 e. The van der Waals surface area contributed by atoms with Crippen LogP contribution in [-0.2, 0) is 4.79 Å². The van der Waals surface area contributed by atoms with Crippen molar-refractivity contribution < 1.29 is 27.9 Å². The van der Waals surface area contributed by atoms with E-state index in [0.717, 1.165) is 12.4 Å². The molecular formula is C9H7ClF3N3O3. The highest BCUT2D eigenvalue weighted by atomic mass is 35.5. The molecule has 0 aliphatic carbocycles. The van der Waals surface area contributed by atoms with Crippen LogP contribution in [0.25, 0.3) is 0 Å². The van der Waals surface area contributed by atoms with E-state index in [1.807, 2.05) is 0 Å². The van der Waals surface area contributed by atoms with E-state index in [0.29, 0.717) is 0 Å². The third kappa shape index (κ3) is 5.08. The molecular weight excluding hydrogens is 291 g/mol. The lowest BCUT2D eigenvalue weighted by Gasteiger charge is -2.21. The van der Waals surface area contributed by atoms with Crippen molar-refractivity contribution in [1.82, 2.24) is 14.9 Å². The molecule has 1 aromatic heterocycles. The second kappa shape index (κ2) is 5.83. The van der Waals surface area contributed by atoms with Gasteiger partial charge in [0, 0.05) is 0 Å². The first kappa shape index (κ1) is 15.2. The van der Waals surface area contributed by atoms with Gasteiger partial charge in [-0.1, -0.05) is 11.6 Å². The number of aromatic nitrogens is 2. The number of aliphatic carboxylic acids is 1. The smallest absolute Gasteiger partial charge is 0.406 e. The number of hydrogen-bond acceptors (Lipinski definition) is 4. The number of nitrogens with zero attached hydrogens (tertiary/aromatic N) is 3. The lowest BCUT2D eigenvalue weighted by atomic mass is 10.3. The number of carboxylic acids is 1. The van der Waals surface area contributed by atoms with Crippen LogP contribution in [0, 0.1) is 0 Å². The monoisotopic (exact) mass is 297 g/mol. The molecule has 0 aliphatic heterocycles. The van der Waals surface area contributed by atoms with E-state index in [-0.39, 0.29) is 10.1 Å². The number of carboxylic acid groups (broad SMARTS) is 1. The zero-order valence-electron chi connectivity index (χ0n) is 9.19. The van der Waals surface area contributed by atoms with Gasteiger partial charge in [-0.05, 0) is 0 Å². The Bertz CT molecular complexity index is 478. The summed E-state index contributed by atoms with van der Waals surface area (Å²) in [7, 11) is 0. The lowest BCUT2D eigenvalue weighted by Crippen LogP contribution is -2.42. The van der Waals surface area contributed by atoms with Gasteiger partial charge in [-0.3, -0.25) is 9.59 Å². The Labute approximate surface area is 109 Å². The topological polar surface area (TPSA) is 83.4 Å². The maximum absolute atomic E-state index is 12.3. The summed E-state index contributed by atoms with van der Waals surface area (Å²) in [5.41, 5.74) is -0.421. The summed E-state index contributed by atoms with van der Waals surface area (Å²) in [5.74, 6) is -2.76. The molecule has 104 valence electrons. The standard InChI is InChI=1S/C9H7ClF3N3O3/c10-6-2-14-5(1-15-6)8(19)16(3-7(17)18)4-9(11,12)13/h1-2H,3-4H2,(H,17,18). The van der Waals surface area contributed by atoms with Gasteiger partial charge in [0.15, 0.2) is 0 Å². The summed E-state index contributed by atoms with van der Waals surface area (Å²) in [6, 6.07) is 0. The molecule has 1 heterocycles. The summed E-state index contributed by atoms with van der Waals surface area (Å²) in [6.07, 6.45) is -2.87. The van der Waals surface area contributed by atoms with Crippen LogP contribution in [0.2, 0.25) is 5.15 Å². The number of rotatable bonds is 4. The summed E-state index contributed by atoms with van der Waals surface area (Å²) in [6.45, 7) is -2.79. The van der Waals surface area contributed by atoms with Crippen LogP contribution in [0.4, 0.5) is 13.2 Å². The molecule has 0 bridgehead atoms. The molecule has 0 fully saturated rings. The van der Waals surface area contributed by atoms with Gasteiger partial charge in [-0.15, -0.1) is 0 Å². The first-order chi connectivity index (χ1) is 8.69. The Hall–Kier alpha value is -1.90. The van der Waals surface area contributed by atoms with E-state index >= 15 is 0 Å². The fraction of sp³-hybridized carbons (Fsp3) is 0.333. The number of amides is 1. The zero-order chi connectivity index (χ0) is 14.6. The molecule has 0 aliphatic rings. The maximum atomic E-state index is 12.3. The van der Waals surface area contributed by atoms with Gasteiger partial charge in [0.05, 0.1) is 12.4 Å². The lowest BCUT2D eigenvalue weighted by molar-refractivity contribution is -0.149. The third-order valence-electron chi connectivity index (χ3n) is 1.82. The molecule has 0 unspecified atom stereocenters. The van der Waals surface area contributed by atoms with Crippen molar-refractivity contribution in [2.45, 2.75) is 6.18 Å². The first-order valence-corrected chi connectivity index (χ1v) is 5.12. The number of hydrogen-bond donors (Lipinski definition) is 1. The van der Waals surface area contributed by atoms with E-state index in [1.54, 1.807) is 0 Å². The van der Waals surface area contributed by atoms with Crippen molar-refractivity contribution in [3.63, 3.8) is 0 Å². The third-order valence-corrected chi connectivity index (χ3v) is 2.02. The first-order valence-electron chi connectivity index (χ1n) is 4.74. The Morgan fingerprint density at radius 2 is 1.95 bits per heavy atom. The number of alkyl halides is 3. The second-order valence-corrected chi connectivity index (χ2v) is 3.78. The van der Waals surface area contributed by atoms with E-state index in [1.165, 1.54) is 0 Å². The molecule has 6 nitrogen and oxygen atoms in total. The van der Waals surface area contributed by atoms with E-state index < -0.39 is 36.8 Å². The minimum absolute atomic E-state index is 0.0443. The highest BCUT2D eigenvalue weighted by molar-refractivity contribution is 6.29. The van der Waals surface area contributed by atoms with E-state index in [2.05, 4.69) is 9.97 Å². The van der Waals surface area contributed by atoms with Crippen molar-refractivity contribution in [1.29, 1.82) is 0 Å². The number of halogens is 4. The molecule has 0 atom stereocenters. The van der Waals surface area contributed by atoms with Gasteiger partial charge in [-0.2, -0.15) is 13.2 Å². The number of carbonyl (C=O) groups excluding carboxylic acids is 1. The fourth-order valence-corrected chi connectivity index (χ4v) is 1.26. The minimum atomic E-state index is -4.72. The normalized spacial score (nSPS) is 11.2. The van der Waals surface area contributed by atoms with Crippen LogP contribution in [-0.4, -0.2) is 51.1 Å². The van der Waals surface area contributed by atoms with Gasteiger partial charge >= 0.3 is 12.1 Å². The predicted molar refractivity (Wildman–Crippen MR) is 56.6 cm³/mol. The van der Waals surface area contributed by atoms with Crippen LogP contribution < -0.4 is 0 Å². The largest absolute Gasteiger partial charge is 0.480 e. The van der Waals surface area contributed by atoms with Crippen molar-refractivity contribution in [3.8, 4) is 0 Å². The highest BCUT2D eigenvalue weighted by Crippen LogP contribution is 2.17. The molecule has 19 heavy (non-hydrogen) atoms. The van der Waals surface area contributed by atoms with Crippen molar-refractivity contribution in [2.75, 3.05) is 13.1 Å². The molecule has 1 N–H and O–H groups in total. The molecule has 0 radical (unpaired) electrons.